The van der Waals surface area contributed by atoms with Gasteiger partial charge in [0.2, 0.25) is 0 Å². The molecule has 1 aromatic carbocycles. The van der Waals surface area contributed by atoms with E-state index in [1.807, 2.05) is 11.3 Å². The maximum Gasteiger partial charge on any atom is 0.0532 e. The minimum atomic E-state index is 0.439. The van der Waals surface area contributed by atoms with Crippen molar-refractivity contribution in [1.29, 1.82) is 0 Å². The lowest BCUT2D eigenvalue weighted by Gasteiger charge is -2.11. The highest BCUT2D eigenvalue weighted by Gasteiger charge is 2.13. The standard InChI is InChI=1S/C14H15BrS/c1-10-5-3-4-6-12(10)9-13(15)14-11(2)7-8-16-14/h3-8,13H,9H2,1-2H3. The van der Waals surface area contributed by atoms with Gasteiger partial charge in [0.05, 0.1) is 4.83 Å². The van der Waals surface area contributed by atoms with Crippen LogP contribution in [-0.4, -0.2) is 0 Å². The molecule has 1 atom stereocenters. The predicted octanol–water partition coefficient (Wildman–Crippen LogP) is 5.04. The molecule has 2 rings (SSSR count). The van der Waals surface area contributed by atoms with E-state index < -0.39 is 0 Å². The van der Waals surface area contributed by atoms with E-state index >= 15 is 0 Å². The van der Waals surface area contributed by atoms with E-state index in [0.29, 0.717) is 4.83 Å². The summed E-state index contributed by atoms with van der Waals surface area (Å²) in [5.74, 6) is 0. The number of aryl methyl sites for hydroxylation is 2. The third-order valence-corrected chi connectivity index (χ3v) is 5.06. The maximum absolute atomic E-state index is 3.80. The van der Waals surface area contributed by atoms with E-state index in [-0.39, 0.29) is 0 Å². The van der Waals surface area contributed by atoms with Crippen molar-refractivity contribution in [3.05, 3.63) is 57.3 Å². The van der Waals surface area contributed by atoms with Gasteiger partial charge in [0, 0.05) is 4.88 Å². The van der Waals surface area contributed by atoms with Gasteiger partial charge in [-0.1, -0.05) is 40.2 Å². The monoisotopic (exact) mass is 294 g/mol. The van der Waals surface area contributed by atoms with Gasteiger partial charge in [0.25, 0.3) is 0 Å². The van der Waals surface area contributed by atoms with Crippen LogP contribution in [0.15, 0.2) is 35.7 Å². The lowest BCUT2D eigenvalue weighted by atomic mass is 10.0. The van der Waals surface area contributed by atoms with Gasteiger partial charge in [0.15, 0.2) is 0 Å². The van der Waals surface area contributed by atoms with Crippen LogP contribution in [0.2, 0.25) is 0 Å². The van der Waals surface area contributed by atoms with Crippen molar-refractivity contribution in [2.24, 2.45) is 0 Å². The summed E-state index contributed by atoms with van der Waals surface area (Å²) < 4.78 is 0. The number of hydrogen-bond donors (Lipinski definition) is 0. The molecule has 84 valence electrons. The highest BCUT2D eigenvalue weighted by molar-refractivity contribution is 9.09. The van der Waals surface area contributed by atoms with Crippen molar-refractivity contribution in [2.75, 3.05) is 0 Å². The molecule has 0 saturated heterocycles. The molecule has 0 amide bonds. The lowest BCUT2D eigenvalue weighted by molar-refractivity contribution is 0.950. The molecule has 0 nitrogen and oxygen atoms in total. The van der Waals surface area contributed by atoms with E-state index in [4.69, 9.17) is 0 Å². The quantitative estimate of drug-likeness (QED) is 0.696. The molecule has 0 N–H and O–H groups in total. The average molecular weight is 295 g/mol. The van der Waals surface area contributed by atoms with Gasteiger partial charge in [-0.3, -0.25) is 0 Å². The van der Waals surface area contributed by atoms with E-state index in [2.05, 4.69) is 65.5 Å². The van der Waals surface area contributed by atoms with Crippen LogP contribution in [0.4, 0.5) is 0 Å². The molecular weight excluding hydrogens is 280 g/mol. The minimum Gasteiger partial charge on any atom is -0.147 e. The normalized spacial score (nSPS) is 12.7. The van der Waals surface area contributed by atoms with E-state index in [9.17, 15) is 0 Å². The Balaban J connectivity index is 2.17. The van der Waals surface area contributed by atoms with Gasteiger partial charge >= 0.3 is 0 Å². The molecular formula is C14H15BrS. The zero-order valence-electron chi connectivity index (χ0n) is 9.53. The molecule has 0 aliphatic rings. The summed E-state index contributed by atoms with van der Waals surface area (Å²) >= 11 is 5.63. The fourth-order valence-corrected chi connectivity index (χ4v) is 3.77. The molecule has 0 saturated carbocycles. The number of benzene rings is 1. The SMILES string of the molecule is Cc1ccccc1CC(Br)c1sccc1C. The third-order valence-electron chi connectivity index (χ3n) is 2.85. The van der Waals surface area contributed by atoms with Crippen molar-refractivity contribution in [3.8, 4) is 0 Å². The Morgan fingerprint density at radius 2 is 1.88 bits per heavy atom. The van der Waals surface area contributed by atoms with Crippen LogP contribution in [0.3, 0.4) is 0 Å². The third kappa shape index (κ3) is 2.55. The van der Waals surface area contributed by atoms with Gasteiger partial charge < -0.3 is 0 Å². The zero-order valence-corrected chi connectivity index (χ0v) is 11.9. The lowest BCUT2D eigenvalue weighted by Crippen LogP contribution is -1.96. The minimum absolute atomic E-state index is 0.439. The van der Waals surface area contributed by atoms with E-state index in [1.54, 1.807) is 0 Å². The van der Waals surface area contributed by atoms with Crippen LogP contribution in [0.25, 0.3) is 0 Å². The molecule has 0 bridgehead atoms. The first-order chi connectivity index (χ1) is 7.68. The molecule has 16 heavy (non-hydrogen) atoms. The van der Waals surface area contributed by atoms with Crippen molar-refractivity contribution in [2.45, 2.75) is 25.1 Å². The fraction of sp³-hybridized carbons (Fsp3) is 0.286. The Bertz CT molecular complexity index is 473. The van der Waals surface area contributed by atoms with Crippen molar-refractivity contribution < 1.29 is 0 Å². The average Bonchev–Trinajstić information content (AvgIpc) is 2.68. The second-order valence-electron chi connectivity index (χ2n) is 4.07. The summed E-state index contributed by atoms with van der Waals surface area (Å²) in [7, 11) is 0. The molecule has 0 radical (unpaired) electrons. The molecule has 1 heterocycles. The smallest absolute Gasteiger partial charge is 0.0532 e. The van der Waals surface area contributed by atoms with E-state index in [0.717, 1.165) is 6.42 Å². The van der Waals surface area contributed by atoms with Gasteiger partial charge in [-0.25, -0.2) is 0 Å². The molecule has 1 aromatic heterocycles. The first-order valence-electron chi connectivity index (χ1n) is 5.41. The van der Waals surface area contributed by atoms with Gasteiger partial charge in [-0.2, -0.15) is 0 Å². The van der Waals surface area contributed by atoms with Gasteiger partial charge in [0.1, 0.15) is 0 Å². The van der Waals surface area contributed by atoms with Crippen molar-refractivity contribution in [1.82, 2.24) is 0 Å². The molecule has 0 aliphatic heterocycles. The van der Waals surface area contributed by atoms with Crippen LogP contribution in [-0.2, 0) is 6.42 Å². The summed E-state index contributed by atoms with van der Waals surface area (Å²) in [5, 5.41) is 2.16. The Morgan fingerprint density at radius 3 is 2.50 bits per heavy atom. The fourth-order valence-electron chi connectivity index (χ4n) is 1.83. The summed E-state index contributed by atoms with van der Waals surface area (Å²) in [6.07, 6.45) is 1.06. The highest BCUT2D eigenvalue weighted by Crippen LogP contribution is 2.33. The largest absolute Gasteiger partial charge is 0.147 e. The molecule has 1 unspecified atom stereocenters. The zero-order chi connectivity index (χ0) is 11.5. The number of halogens is 1. The summed E-state index contributed by atoms with van der Waals surface area (Å²) in [4.78, 5) is 1.89. The van der Waals surface area contributed by atoms with Crippen LogP contribution in [0, 0.1) is 13.8 Å². The van der Waals surface area contributed by atoms with Crippen LogP contribution >= 0.6 is 27.3 Å². The number of rotatable bonds is 3. The Labute approximate surface area is 109 Å². The van der Waals surface area contributed by atoms with Crippen LogP contribution in [0.1, 0.15) is 26.4 Å². The second kappa shape index (κ2) is 5.15. The van der Waals surface area contributed by atoms with E-state index in [1.165, 1.54) is 21.6 Å². The molecule has 0 aliphatic carbocycles. The Kier molecular flexibility index (Phi) is 3.82. The number of hydrogen-bond acceptors (Lipinski definition) is 1. The van der Waals surface area contributed by atoms with Gasteiger partial charge in [-0.15, -0.1) is 11.3 Å². The first-order valence-corrected chi connectivity index (χ1v) is 7.20. The van der Waals surface area contributed by atoms with Crippen LogP contribution < -0.4 is 0 Å². The molecule has 2 heteroatoms. The van der Waals surface area contributed by atoms with Crippen molar-refractivity contribution >= 4 is 27.3 Å². The van der Waals surface area contributed by atoms with Crippen molar-refractivity contribution in [3.63, 3.8) is 0 Å². The summed E-state index contributed by atoms with van der Waals surface area (Å²) in [6.45, 7) is 4.36. The Hall–Kier alpha value is -0.600. The van der Waals surface area contributed by atoms with Gasteiger partial charge in [-0.05, 0) is 48.4 Å². The molecule has 0 spiro atoms. The molecule has 2 aromatic rings. The Morgan fingerprint density at radius 1 is 1.12 bits per heavy atom. The predicted molar refractivity (Wildman–Crippen MR) is 75.6 cm³/mol. The number of thiophene rings is 1. The number of alkyl halides is 1. The topological polar surface area (TPSA) is 0 Å². The highest BCUT2D eigenvalue weighted by atomic mass is 79.9. The summed E-state index contributed by atoms with van der Waals surface area (Å²) in [6, 6.07) is 10.8. The second-order valence-corrected chi connectivity index (χ2v) is 6.12. The molecule has 0 fully saturated rings. The summed E-state index contributed by atoms with van der Waals surface area (Å²) in [5.41, 5.74) is 4.19. The first kappa shape index (κ1) is 11.9. The van der Waals surface area contributed by atoms with Crippen LogP contribution in [0.5, 0.6) is 0 Å². The maximum atomic E-state index is 3.80.